The number of nitrogens with two attached hydrogens (primary N) is 1. The van der Waals surface area contributed by atoms with E-state index in [2.05, 4.69) is 4.90 Å². The SMILES string of the molecule is NC1CN(Cc2ccccc2)CC1C(=O)O. The minimum Gasteiger partial charge on any atom is -0.481 e. The molecule has 1 aliphatic rings. The van der Waals surface area contributed by atoms with Crippen LogP contribution in [0.1, 0.15) is 5.56 Å². The van der Waals surface area contributed by atoms with Crippen molar-refractivity contribution >= 4 is 5.97 Å². The molecule has 1 aromatic carbocycles. The number of hydrogen-bond acceptors (Lipinski definition) is 3. The summed E-state index contributed by atoms with van der Waals surface area (Å²) < 4.78 is 0. The monoisotopic (exact) mass is 220 g/mol. The number of nitrogens with zero attached hydrogens (tertiary/aromatic N) is 1. The summed E-state index contributed by atoms with van der Waals surface area (Å²) in [5, 5.41) is 8.96. The van der Waals surface area contributed by atoms with Crippen molar-refractivity contribution in [3.63, 3.8) is 0 Å². The molecule has 1 aliphatic heterocycles. The van der Waals surface area contributed by atoms with Gasteiger partial charge in [-0.05, 0) is 5.56 Å². The third-order valence-corrected chi connectivity index (χ3v) is 3.01. The maximum atomic E-state index is 10.9. The predicted molar refractivity (Wildman–Crippen MR) is 60.8 cm³/mol. The Kier molecular flexibility index (Phi) is 3.22. The van der Waals surface area contributed by atoms with Gasteiger partial charge in [-0.25, -0.2) is 0 Å². The van der Waals surface area contributed by atoms with Gasteiger partial charge in [-0.15, -0.1) is 0 Å². The molecule has 16 heavy (non-hydrogen) atoms. The summed E-state index contributed by atoms with van der Waals surface area (Å²) in [4.78, 5) is 13.0. The standard InChI is InChI=1S/C12H16N2O2/c13-11-8-14(7-10(11)12(15)16)6-9-4-2-1-3-5-9/h1-5,10-11H,6-8,13H2,(H,15,16). The zero-order valence-corrected chi connectivity index (χ0v) is 9.04. The average Bonchev–Trinajstić information content (AvgIpc) is 2.61. The van der Waals surface area contributed by atoms with E-state index in [1.807, 2.05) is 30.3 Å². The van der Waals surface area contributed by atoms with Crippen molar-refractivity contribution in [2.75, 3.05) is 13.1 Å². The summed E-state index contributed by atoms with van der Waals surface area (Å²) in [6, 6.07) is 9.78. The van der Waals surface area contributed by atoms with Crippen molar-refractivity contribution < 1.29 is 9.90 Å². The molecular weight excluding hydrogens is 204 g/mol. The Balaban J connectivity index is 1.96. The lowest BCUT2D eigenvalue weighted by atomic mass is 10.1. The number of aliphatic carboxylic acids is 1. The Hall–Kier alpha value is -1.39. The number of carboxylic acid groups (broad SMARTS) is 1. The minimum atomic E-state index is -0.789. The predicted octanol–water partition coefficient (Wildman–Crippen LogP) is 0.530. The number of benzene rings is 1. The quantitative estimate of drug-likeness (QED) is 0.779. The van der Waals surface area contributed by atoms with E-state index in [0.29, 0.717) is 13.1 Å². The first-order valence-corrected chi connectivity index (χ1v) is 5.41. The third-order valence-electron chi connectivity index (χ3n) is 3.01. The molecule has 2 unspecified atom stereocenters. The van der Waals surface area contributed by atoms with E-state index < -0.39 is 11.9 Å². The van der Waals surface area contributed by atoms with E-state index in [1.54, 1.807) is 0 Å². The van der Waals surface area contributed by atoms with Crippen LogP contribution in [0.4, 0.5) is 0 Å². The first-order chi connectivity index (χ1) is 7.66. The molecule has 0 aromatic heterocycles. The lowest BCUT2D eigenvalue weighted by Crippen LogP contribution is -2.33. The van der Waals surface area contributed by atoms with Crippen LogP contribution < -0.4 is 5.73 Å². The zero-order valence-electron chi connectivity index (χ0n) is 9.04. The Morgan fingerprint density at radius 2 is 2.06 bits per heavy atom. The zero-order chi connectivity index (χ0) is 11.5. The molecule has 0 saturated carbocycles. The second-order valence-corrected chi connectivity index (χ2v) is 4.29. The fourth-order valence-electron chi connectivity index (χ4n) is 2.15. The van der Waals surface area contributed by atoms with Crippen molar-refractivity contribution in [1.82, 2.24) is 4.90 Å². The van der Waals surface area contributed by atoms with E-state index in [9.17, 15) is 4.79 Å². The molecular formula is C12H16N2O2. The smallest absolute Gasteiger partial charge is 0.309 e. The highest BCUT2D eigenvalue weighted by molar-refractivity contribution is 5.71. The molecule has 1 heterocycles. The Morgan fingerprint density at radius 1 is 1.38 bits per heavy atom. The van der Waals surface area contributed by atoms with E-state index in [1.165, 1.54) is 5.56 Å². The molecule has 1 saturated heterocycles. The lowest BCUT2D eigenvalue weighted by Gasteiger charge is -2.14. The molecule has 0 bridgehead atoms. The summed E-state index contributed by atoms with van der Waals surface area (Å²) in [6.07, 6.45) is 0. The minimum absolute atomic E-state index is 0.249. The van der Waals surface area contributed by atoms with Crippen molar-refractivity contribution in [1.29, 1.82) is 0 Å². The first-order valence-electron chi connectivity index (χ1n) is 5.41. The molecule has 1 aromatic rings. The molecule has 4 heteroatoms. The molecule has 0 spiro atoms. The van der Waals surface area contributed by atoms with Gasteiger partial charge in [0.2, 0.25) is 0 Å². The molecule has 86 valence electrons. The van der Waals surface area contributed by atoms with Crippen LogP contribution in [0.3, 0.4) is 0 Å². The lowest BCUT2D eigenvalue weighted by molar-refractivity contribution is -0.141. The number of carboxylic acids is 1. The third kappa shape index (κ3) is 2.40. The normalized spacial score (nSPS) is 25.8. The molecule has 2 rings (SSSR count). The molecule has 0 radical (unpaired) electrons. The fourth-order valence-corrected chi connectivity index (χ4v) is 2.15. The largest absolute Gasteiger partial charge is 0.481 e. The van der Waals surface area contributed by atoms with Crippen LogP contribution in [0.25, 0.3) is 0 Å². The summed E-state index contributed by atoms with van der Waals surface area (Å²) in [5.41, 5.74) is 7.00. The van der Waals surface area contributed by atoms with Crippen LogP contribution >= 0.6 is 0 Å². The van der Waals surface area contributed by atoms with Crippen molar-refractivity contribution in [3.05, 3.63) is 35.9 Å². The van der Waals surface area contributed by atoms with Crippen LogP contribution in [0, 0.1) is 5.92 Å². The van der Waals surface area contributed by atoms with E-state index in [-0.39, 0.29) is 6.04 Å². The van der Waals surface area contributed by atoms with Gasteiger partial charge in [0.25, 0.3) is 0 Å². The van der Waals surface area contributed by atoms with Gasteiger partial charge in [0.05, 0.1) is 5.92 Å². The second-order valence-electron chi connectivity index (χ2n) is 4.29. The fraction of sp³-hybridized carbons (Fsp3) is 0.417. The van der Waals surface area contributed by atoms with Crippen molar-refractivity contribution in [2.24, 2.45) is 11.7 Å². The van der Waals surface area contributed by atoms with Gasteiger partial charge in [-0.3, -0.25) is 9.69 Å². The molecule has 3 N–H and O–H groups in total. The van der Waals surface area contributed by atoms with Crippen LogP contribution in [0.5, 0.6) is 0 Å². The molecule has 0 aliphatic carbocycles. The maximum Gasteiger partial charge on any atom is 0.309 e. The maximum absolute atomic E-state index is 10.9. The molecule has 1 fully saturated rings. The van der Waals surface area contributed by atoms with Gasteiger partial charge >= 0.3 is 5.97 Å². The van der Waals surface area contributed by atoms with Crippen molar-refractivity contribution in [3.8, 4) is 0 Å². The van der Waals surface area contributed by atoms with Crippen LogP contribution in [0.15, 0.2) is 30.3 Å². The van der Waals surface area contributed by atoms with E-state index in [4.69, 9.17) is 10.8 Å². The number of rotatable bonds is 3. The highest BCUT2D eigenvalue weighted by Gasteiger charge is 2.34. The van der Waals surface area contributed by atoms with Gasteiger partial charge in [0.15, 0.2) is 0 Å². The summed E-state index contributed by atoms with van der Waals surface area (Å²) >= 11 is 0. The van der Waals surface area contributed by atoms with Crippen LogP contribution in [-0.4, -0.2) is 35.1 Å². The van der Waals surface area contributed by atoms with Crippen LogP contribution in [0.2, 0.25) is 0 Å². The Morgan fingerprint density at radius 3 is 2.62 bits per heavy atom. The Bertz CT molecular complexity index is 367. The summed E-state index contributed by atoms with van der Waals surface area (Å²) in [6.45, 7) is 1.98. The van der Waals surface area contributed by atoms with Crippen LogP contribution in [-0.2, 0) is 11.3 Å². The average molecular weight is 220 g/mol. The highest BCUT2D eigenvalue weighted by Crippen LogP contribution is 2.18. The Labute approximate surface area is 94.7 Å². The number of likely N-dealkylation sites (tertiary alicyclic amines) is 1. The first kappa shape index (κ1) is 11.1. The van der Waals surface area contributed by atoms with Gasteiger partial charge in [0, 0.05) is 25.7 Å². The number of carbonyl (C=O) groups is 1. The van der Waals surface area contributed by atoms with Crippen molar-refractivity contribution in [2.45, 2.75) is 12.6 Å². The summed E-state index contributed by atoms with van der Waals surface area (Å²) in [7, 11) is 0. The van der Waals surface area contributed by atoms with E-state index >= 15 is 0 Å². The second kappa shape index (κ2) is 4.63. The molecule has 0 amide bonds. The van der Waals surface area contributed by atoms with Gasteiger partial charge in [-0.1, -0.05) is 30.3 Å². The molecule has 4 nitrogen and oxygen atoms in total. The molecule has 2 atom stereocenters. The van der Waals surface area contributed by atoms with Gasteiger partial charge in [0.1, 0.15) is 0 Å². The van der Waals surface area contributed by atoms with Gasteiger partial charge < -0.3 is 10.8 Å². The highest BCUT2D eigenvalue weighted by atomic mass is 16.4. The van der Waals surface area contributed by atoms with Gasteiger partial charge in [-0.2, -0.15) is 0 Å². The number of hydrogen-bond donors (Lipinski definition) is 2. The van der Waals surface area contributed by atoms with E-state index in [0.717, 1.165) is 6.54 Å². The summed E-state index contributed by atoms with van der Waals surface area (Å²) in [5.74, 6) is -1.22. The topological polar surface area (TPSA) is 66.6 Å².